The van der Waals surface area contributed by atoms with Gasteiger partial charge in [-0.2, -0.15) is 0 Å². The summed E-state index contributed by atoms with van der Waals surface area (Å²) in [6.45, 7) is 2.26. The quantitative estimate of drug-likeness (QED) is 0.723. The molecule has 1 aromatic heterocycles. The zero-order valence-corrected chi connectivity index (χ0v) is 16.3. The van der Waals surface area contributed by atoms with Crippen LogP contribution in [0.2, 0.25) is 0 Å². The van der Waals surface area contributed by atoms with E-state index in [9.17, 15) is 9.59 Å². The number of rotatable bonds is 5. The van der Waals surface area contributed by atoms with Gasteiger partial charge in [0.15, 0.2) is 0 Å². The summed E-state index contributed by atoms with van der Waals surface area (Å²) in [5.41, 5.74) is 2.83. The lowest BCUT2D eigenvalue weighted by Gasteiger charge is -2.26. The SMILES string of the molecule is O=C(Nc1cccc(C(=O)N2CCCCC2)c1)c1cccc(Cn2ccnc2)c1. The van der Waals surface area contributed by atoms with Gasteiger partial charge in [-0.25, -0.2) is 4.98 Å². The first kappa shape index (κ1) is 18.9. The first-order chi connectivity index (χ1) is 14.2. The van der Waals surface area contributed by atoms with Gasteiger partial charge in [0.05, 0.1) is 6.33 Å². The molecule has 0 bridgehead atoms. The number of hydrogen-bond acceptors (Lipinski definition) is 3. The first-order valence-corrected chi connectivity index (χ1v) is 9.94. The molecule has 0 aliphatic carbocycles. The highest BCUT2D eigenvalue weighted by atomic mass is 16.2. The van der Waals surface area contributed by atoms with Crippen LogP contribution in [-0.4, -0.2) is 39.4 Å². The van der Waals surface area contributed by atoms with E-state index in [4.69, 9.17) is 0 Å². The average molecular weight is 388 g/mol. The van der Waals surface area contributed by atoms with Gasteiger partial charge in [-0.15, -0.1) is 0 Å². The number of nitrogens with one attached hydrogen (secondary N) is 1. The second-order valence-electron chi connectivity index (χ2n) is 7.32. The Kier molecular flexibility index (Phi) is 5.70. The predicted octanol–water partition coefficient (Wildman–Crippen LogP) is 3.81. The molecular weight excluding hydrogens is 364 g/mol. The summed E-state index contributed by atoms with van der Waals surface area (Å²) < 4.78 is 1.95. The van der Waals surface area contributed by atoms with Crippen LogP contribution in [0.25, 0.3) is 0 Å². The van der Waals surface area contributed by atoms with Gasteiger partial charge in [-0.05, 0) is 55.2 Å². The van der Waals surface area contributed by atoms with Crippen molar-refractivity contribution in [3.05, 3.63) is 83.9 Å². The van der Waals surface area contributed by atoms with E-state index in [-0.39, 0.29) is 11.8 Å². The Bertz CT molecular complexity index is 992. The number of likely N-dealkylation sites (tertiary alicyclic amines) is 1. The van der Waals surface area contributed by atoms with Gasteiger partial charge in [0.2, 0.25) is 0 Å². The summed E-state index contributed by atoms with van der Waals surface area (Å²) in [7, 11) is 0. The fourth-order valence-electron chi connectivity index (χ4n) is 3.61. The van der Waals surface area contributed by atoms with Gasteiger partial charge in [0.1, 0.15) is 0 Å². The van der Waals surface area contributed by atoms with Crippen LogP contribution in [0.1, 0.15) is 45.5 Å². The Balaban J connectivity index is 1.45. The van der Waals surface area contributed by atoms with E-state index < -0.39 is 0 Å². The van der Waals surface area contributed by atoms with Gasteiger partial charge in [-0.3, -0.25) is 9.59 Å². The zero-order chi connectivity index (χ0) is 20.1. The summed E-state index contributed by atoms with van der Waals surface area (Å²) in [5.74, 6) is -0.164. The van der Waals surface area contributed by atoms with E-state index in [1.165, 1.54) is 6.42 Å². The minimum atomic E-state index is -0.194. The molecule has 1 N–H and O–H groups in total. The van der Waals surface area contributed by atoms with E-state index in [0.717, 1.165) is 31.5 Å². The number of nitrogens with zero attached hydrogens (tertiary/aromatic N) is 3. The first-order valence-electron chi connectivity index (χ1n) is 9.94. The third-order valence-corrected chi connectivity index (χ3v) is 5.12. The number of carbonyl (C=O) groups excluding carboxylic acids is 2. The van der Waals surface area contributed by atoms with Crippen molar-refractivity contribution < 1.29 is 9.59 Å². The largest absolute Gasteiger partial charge is 0.339 e. The molecule has 1 saturated heterocycles. The van der Waals surface area contributed by atoms with Crippen LogP contribution in [-0.2, 0) is 6.54 Å². The third-order valence-electron chi connectivity index (χ3n) is 5.12. The highest BCUT2D eigenvalue weighted by Crippen LogP contribution is 2.17. The summed E-state index contributed by atoms with van der Waals surface area (Å²) in [6, 6.07) is 14.7. The molecule has 2 amide bonds. The number of carbonyl (C=O) groups is 2. The molecule has 6 heteroatoms. The van der Waals surface area contributed by atoms with Gasteiger partial charge in [-0.1, -0.05) is 18.2 Å². The lowest BCUT2D eigenvalue weighted by Crippen LogP contribution is -2.35. The van der Waals surface area contributed by atoms with Gasteiger partial charge in [0.25, 0.3) is 11.8 Å². The maximum absolute atomic E-state index is 12.7. The van der Waals surface area contributed by atoms with Crippen molar-refractivity contribution in [1.82, 2.24) is 14.5 Å². The summed E-state index contributed by atoms with van der Waals surface area (Å²) in [6.07, 6.45) is 8.65. The van der Waals surface area contributed by atoms with Gasteiger partial charge >= 0.3 is 0 Å². The number of hydrogen-bond donors (Lipinski definition) is 1. The molecular formula is C23H24N4O2. The molecule has 1 fully saturated rings. The van der Waals surface area contributed by atoms with Crippen molar-refractivity contribution in [3.8, 4) is 0 Å². The minimum Gasteiger partial charge on any atom is -0.339 e. The molecule has 3 aromatic rings. The molecule has 0 radical (unpaired) electrons. The van der Waals surface area contributed by atoms with Crippen molar-refractivity contribution >= 4 is 17.5 Å². The Hall–Kier alpha value is -3.41. The van der Waals surface area contributed by atoms with Crippen molar-refractivity contribution in [2.45, 2.75) is 25.8 Å². The lowest BCUT2D eigenvalue weighted by atomic mass is 10.1. The van der Waals surface area contributed by atoms with Crippen LogP contribution in [0, 0.1) is 0 Å². The minimum absolute atomic E-state index is 0.0307. The number of imidazole rings is 1. The maximum atomic E-state index is 12.7. The molecule has 0 unspecified atom stereocenters. The number of amides is 2. The number of aromatic nitrogens is 2. The molecule has 2 aromatic carbocycles. The second kappa shape index (κ2) is 8.73. The van der Waals surface area contributed by atoms with E-state index >= 15 is 0 Å². The van der Waals surface area contributed by atoms with Crippen LogP contribution in [0.5, 0.6) is 0 Å². The van der Waals surface area contributed by atoms with E-state index in [1.54, 1.807) is 36.8 Å². The van der Waals surface area contributed by atoms with E-state index in [0.29, 0.717) is 23.4 Å². The molecule has 0 spiro atoms. The summed E-state index contributed by atoms with van der Waals surface area (Å²) in [4.78, 5) is 31.4. The fourth-order valence-corrected chi connectivity index (χ4v) is 3.61. The third kappa shape index (κ3) is 4.71. The van der Waals surface area contributed by atoms with Crippen molar-refractivity contribution in [3.63, 3.8) is 0 Å². The Morgan fingerprint density at radius 3 is 2.55 bits per heavy atom. The van der Waals surface area contributed by atoms with Gasteiger partial charge in [0, 0.05) is 48.8 Å². The van der Waals surface area contributed by atoms with Crippen LogP contribution in [0.3, 0.4) is 0 Å². The molecule has 29 heavy (non-hydrogen) atoms. The molecule has 1 aliphatic heterocycles. The van der Waals surface area contributed by atoms with Crippen LogP contribution < -0.4 is 5.32 Å². The molecule has 0 saturated carbocycles. The van der Waals surface area contributed by atoms with Crippen LogP contribution in [0.15, 0.2) is 67.3 Å². The van der Waals surface area contributed by atoms with E-state index in [1.807, 2.05) is 39.9 Å². The Morgan fingerprint density at radius 1 is 0.966 bits per heavy atom. The molecule has 0 atom stereocenters. The lowest BCUT2D eigenvalue weighted by molar-refractivity contribution is 0.0724. The number of anilines is 1. The molecule has 2 heterocycles. The monoisotopic (exact) mass is 388 g/mol. The standard InChI is InChI=1S/C23H24N4O2/c28-22(19-7-4-6-18(14-19)16-26-13-10-24-17-26)25-21-9-5-8-20(15-21)23(29)27-11-2-1-3-12-27/h4-10,13-15,17H,1-3,11-12,16H2,(H,25,28). The topological polar surface area (TPSA) is 67.2 Å². The fraction of sp³-hybridized carbons (Fsp3) is 0.261. The molecule has 1 aliphatic rings. The molecule has 6 nitrogen and oxygen atoms in total. The smallest absolute Gasteiger partial charge is 0.255 e. The highest BCUT2D eigenvalue weighted by Gasteiger charge is 2.18. The maximum Gasteiger partial charge on any atom is 0.255 e. The number of piperidine rings is 1. The Morgan fingerprint density at radius 2 is 1.76 bits per heavy atom. The number of benzene rings is 2. The van der Waals surface area contributed by atoms with Crippen molar-refractivity contribution in [2.75, 3.05) is 18.4 Å². The van der Waals surface area contributed by atoms with Crippen molar-refractivity contribution in [2.24, 2.45) is 0 Å². The summed E-state index contributed by atoms with van der Waals surface area (Å²) >= 11 is 0. The normalized spacial score (nSPS) is 13.9. The summed E-state index contributed by atoms with van der Waals surface area (Å²) in [5, 5.41) is 2.91. The predicted molar refractivity (Wildman–Crippen MR) is 112 cm³/mol. The zero-order valence-electron chi connectivity index (χ0n) is 16.3. The van der Waals surface area contributed by atoms with Crippen LogP contribution >= 0.6 is 0 Å². The second-order valence-corrected chi connectivity index (χ2v) is 7.32. The van der Waals surface area contributed by atoms with Crippen molar-refractivity contribution in [1.29, 1.82) is 0 Å². The average Bonchev–Trinajstić information content (AvgIpc) is 3.27. The van der Waals surface area contributed by atoms with E-state index in [2.05, 4.69) is 10.3 Å². The Labute approximate surface area is 170 Å². The molecule has 148 valence electrons. The highest BCUT2D eigenvalue weighted by molar-refractivity contribution is 6.05. The van der Waals surface area contributed by atoms with Gasteiger partial charge < -0.3 is 14.8 Å². The van der Waals surface area contributed by atoms with Crippen LogP contribution in [0.4, 0.5) is 5.69 Å². The molecule has 4 rings (SSSR count).